The van der Waals surface area contributed by atoms with Gasteiger partial charge < -0.3 is 5.73 Å². The predicted molar refractivity (Wildman–Crippen MR) is 62.7 cm³/mol. The molecule has 0 radical (unpaired) electrons. The first-order valence-electron chi connectivity index (χ1n) is 6.68. The van der Waals surface area contributed by atoms with Gasteiger partial charge in [-0.2, -0.15) is 0 Å². The Kier molecular flexibility index (Phi) is 2.33. The number of fused-ring (bicyclic) bond motifs is 1. The van der Waals surface area contributed by atoms with E-state index in [1.807, 2.05) is 0 Å². The van der Waals surface area contributed by atoms with Gasteiger partial charge in [-0.15, -0.1) is 0 Å². The van der Waals surface area contributed by atoms with Gasteiger partial charge in [0.1, 0.15) is 0 Å². The van der Waals surface area contributed by atoms with Crippen molar-refractivity contribution in [1.29, 1.82) is 0 Å². The van der Waals surface area contributed by atoms with E-state index in [2.05, 4.69) is 11.9 Å². The smallest absolute Gasteiger partial charge is 0.0214 e. The Balaban J connectivity index is 1.62. The van der Waals surface area contributed by atoms with Crippen LogP contribution in [0.4, 0.5) is 0 Å². The van der Waals surface area contributed by atoms with Gasteiger partial charge in [-0.05, 0) is 64.3 Å². The van der Waals surface area contributed by atoms with Crippen molar-refractivity contribution in [3.8, 4) is 0 Å². The summed E-state index contributed by atoms with van der Waals surface area (Å²) in [5.41, 5.74) is 6.61. The Hall–Kier alpha value is -0.0800. The first-order chi connectivity index (χ1) is 7.20. The van der Waals surface area contributed by atoms with Crippen molar-refractivity contribution in [1.82, 2.24) is 4.90 Å². The van der Waals surface area contributed by atoms with Crippen LogP contribution in [0.5, 0.6) is 0 Å². The second-order valence-corrected chi connectivity index (χ2v) is 6.22. The summed E-state index contributed by atoms with van der Waals surface area (Å²) in [4.78, 5) is 2.74. The van der Waals surface area contributed by atoms with Crippen molar-refractivity contribution >= 4 is 0 Å². The van der Waals surface area contributed by atoms with Crippen LogP contribution in [-0.2, 0) is 0 Å². The van der Waals surface area contributed by atoms with E-state index < -0.39 is 0 Å². The monoisotopic (exact) mass is 208 g/mol. The molecule has 0 aromatic carbocycles. The van der Waals surface area contributed by atoms with Crippen LogP contribution in [0, 0.1) is 5.92 Å². The van der Waals surface area contributed by atoms with Gasteiger partial charge in [0.15, 0.2) is 0 Å². The Labute approximate surface area is 93.2 Å². The zero-order valence-electron chi connectivity index (χ0n) is 9.91. The number of hydrogen-bond donors (Lipinski definition) is 1. The molecule has 0 aromatic rings. The first-order valence-corrected chi connectivity index (χ1v) is 6.68. The van der Waals surface area contributed by atoms with Crippen LogP contribution in [0.2, 0.25) is 0 Å². The van der Waals surface area contributed by atoms with Gasteiger partial charge in [-0.25, -0.2) is 0 Å². The standard InChI is InChI=1S/C13H24N2/c1-15(12-4-2-11(14)3-5-12)13-7-6-10(8-13)9-13/h10-12H,2-9,14H2,1H3. The molecule has 0 unspecified atom stereocenters. The lowest BCUT2D eigenvalue weighted by atomic mass is 9.74. The van der Waals surface area contributed by atoms with E-state index in [0.29, 0.717) is 11.6 Å². The number of hydrogen-bond acceptors (Lipinski definition) is 2. The minimum Gasteiger partial charge on any atom is -0.328 e. The molecule has 2 heteroatoms. The minimum absolute atomic E-state index is 0.491. The Bertz CT molecular complexity index is 231. The maximum absolute atomic E-state index is 5.97. The molecule has 0 saturated heterocycles. The summed E-state index contributed by atoms with van der Waals surface area (Å²) in [6.07, 6.45) is 11.1. The molecule has 4 aliphatic rings. The zero-order valence-corrected chi connectivity index (χ0v) is 9.91. The summed E-state index contributed by atoms with van der Waals surface area (Å²) in [6.45, 7) is 0. The van der Waals surface area contributed by atoms with Gasteiger partial charge in [0, 0.05) is 17.6 Å². The highest BCUT2D eigenvalue weighted by Gasteiger charge is 2.53. The molecule has 86 valence electrons. The topological polar surface area (TPSA) is 29.3 Å². The molecule has 4 saturated carbocycles. The molecule has 2 bridgehead atoms. The lowest BCUT2D eigenvalue weighted by molar-refractivity contribution is 0.000819. The van der Waals surface area contributed by atoms with Crippen LogP contribution in [-0.4, -0.2) is 29.6 Å². The number of nitrogens with zero attached hydrogens (tertiary/aromatic N) is 1. The fourth-order valence-electron chi connectivity index (χ4n) is 4.24. The van der Waals surface area contributed by atoms with E-state index in [-0.39, 0.29) is 0 Å². The lowest BCUT2D eigenvalue weighted by Crippen LogP contribution is -2.55. The average Bonchev–Trinajstić information content (AvgIpc) is 2.76. The normalized spacial score (nSPS) is 49.4. The molecule has 0 aromatic heterocycles. The van der Waals surface area contributed by atoms with E-state index in [1.165, 1.54) is 51.4 Å². The molecule has 0 spiro atoms. The first kappa shape index (κ1) is 10.1. The van der Waals surface area contributed by atoms with Gasteiger partial charge in [0.25, 0.3) is 0 Å². The van der Waals surface area contributed by atoms with Crippen LogP contribution in [0.15, 0.2) is 0 Å². The SMILES string of the molecule is CN(C1CCC(N)CC1)C12CCC(C1)C2. The summed E-state index contributed by atoms with van der Waals surface area (Å²) in [6, 6.07) is 1.33. The highest BCUT2D eigenvalue weighted by atomic mass is 15.2. The van der Waals surface area contributed by atoms with Crippen molar-refractivity contribution in [2.45, 2.75) is 69.0 Å². The van der Waals surface area contributed by atoms with Crippen molar-refractivity contribution < 1.29 is 0 Å². The van der Waals surface area contributed by atoms with E-state index in [0.717, 1.165) is 12.0 Å². The molecule has 0 amide bonds. The number of nitrogens with two attached hydrogens (primary N) is 1. The minimum atomic E-state index is 0.491. The maximum Gasteiger partial charge on any atom is 0.0214 e. The van der Waals surface area contributed by atoms with Crippen molar-refractivity contribution in [3.63, 3.8) is 0 Å². The van der Waals surface area contributed by atoms with Gasteiger partial charge >= 0.3 is 0 Å². The van der Waals surface area contributed by atoms with Crippen molar-refractivity contribution in [2.75, 3.05) is 7.05 Å². The second-order valence-electron chi connectivity index (χ2n) is 6.22. The van der Waals surface area contributed by atoms with Crippen LogP contribution >= 0.6 is 0 Å². The second kappa shape index (κ2) is 3.46. The average molecular weight is 208 g/mol. The summed E-state index contributed by atoms with van der Waals surface area (Å²) in [5, 5.41) is 0. The van der Waals surface area contributed by atoms with E-state index in [4.69, 9.17) is 5.73 Å². The third kappa shape index (κ3) is 1.53. The molecule has 0 heterocycles. The Morgan fingerprint density at radius 2 is 1.73 bits per heavy atom. The van der Waals surface area contributed by atoms with Gasteiger partial charge in [-0.1, -0.05) is 0 Å². The van der Waals surface area contributed by atoms with Crippen LogP contribution in [0.1, 0.15) is 51.4 Å². The Morgan fingerprint density at radius 3 is 2.27 bits per heavy atom. The molecule has 4 aliphatic carbocycles. The molecule has 0 aliphatic heterocycles. The molecular formula is C13H24N2. The molecular weight excluding hydrogens is 184 g/mol. The summed E-state index contributed by atoms with van der Waals surface area (Å²) in [5.74, 6) is 1.08. The lowest BCUT2D eigenvalue weighted by Gasteiger charge is -2.50. The molecule has 2 N–H and O–H groups in total. The van der Waals surface area contributed by atoms with Gasteiger partial charge in [0.2, 0.25) is 0 Å². The molecule has 4 fully saturated rings. The van der Waals surface area contributed by atoms with Crippen molar-refractivity contribution in [2.24, 2.45) is 11.7 Å². The van der Waals surface area contributed by atoms with E-state index >= 15 is 0 Å². The number of rotatable bonds is 2. The van der Waals surface area contributed by atoms with Crippen molar-refractivity contribution in [3.05, 3.63) is 0 Å². The highest BCUT2D eigenvalue weighted by molar-refractivity contribution is 5.09. The van der Waals surface area contributed by atoms with Gasteiger partial charge in [-0.3, -0.25) is 4.90 Å². The predicted octanol–water partition coefficient (Wildman–Crippen LogP) is 2.13. The fourth-order valence-corrected chi connectivity index (χ4v) is 4.24. The molecule has 4 rings (SSSR count). The third-order valence-corrected chi connectivity index (χ3v) is 5.39. The highest BCUT2D eigenvalue weighted by Crippen LogP contribution is 2.56. The summed E-state index contributed by atoms with van der Waals surface area (Å²) in [7, 11) is 2.38. The maximum atomic E-state index is 5.97. The third-order valence-electron chi connectivity index (χ3n) is 5.39. The largest absolute Gasteiger partial charge is 0.328 e. The molecule has 0 atom stereocenters. The molecule has 15 heavy (non-hydrogen) atoms. The van der Waals surface area contributed by atoms with Crippen LogP contribution in [0.3, 0.4) is 0 Å². The quantitative estimate of drug-likeness (QED) is 0.753. The van der Waals surface area contributed by atoms with Crippen LogP contribution < -0.4 is 5.73 Å². The Morgan fingerprint density at radius 1 is 1.07 bits per heavy atom. The van der Waals surface area contributed by atoms with E-state index in [1.54, 1.807) is 0 Å². The van der Waals surface area contributed by atoms with E-state index in [9.17, 15) is 0 Å². The summed E-state index contributed by atoms with van der Waals surface area (Å²) >= 11 is 0. The van der Waals surface area contributed by atoms with Gasteiger partial charge in [0.05, 0.1) is 0 Å². The zero-order chi connectivity index (χ0) is 10.5. The van der Waals surface area contributed by atoms with Crippen LogP contribution in [0.25, 0.3) is 0 Å². The summed E-state index contributed by atoms with van der Waals surface area (Å²) < 4.78 is 0. The fraction of sp³-hybridized carbons (Fsp3) is 1.00. The molecule has 2 nitrogen and oxygen atoms in total.